The lowest BCUT2D eigenvalue weighted by Crippen LogP contribution is -2.49. The van der Waals surface area contributed by atoms with Crippen molar-refractivity contribution in [3.63, 3.8) is 0 Å². The highest BCUT2D eigenvalue weighted by Crippen LogP contribution is 2.34. The Bertz CT molecular complexity index is 2580. The van der Waals surface area contributed by atoms with Gasteiger partial charge in [0.2, 0.25) is 21.9 Å². The highest BCUT2D eigenvalue weighted by atomic mass is 32.2. The Balaban J connectivity index is 0.828. The van der Waals surface area contributed by atoms with Gasteiger partial charge in [-0.15, -0.1) is 0 Å². The number of sulfonamides is 1. The van der Waals surface area contributed by atoms with Gasteiger partial charge in [0.1, 0.15) is 5.65 Å². The van der Waals surface area contributed by atoms with Crippen LogP contribution in [0.1, 0.15) is 68.1 Å². The molecule has 3 amide bonds. The molecule has 1 unspecified atom stereocenters. The topological polar surface area (TPSA) is 168 Å². The number of pyridine rings is 1. The number of piperidine rings is 2. The van der Waals surface area contributed by atoms with E-state index in [1.54, 1.807) is 16.8 Å². The molecule has 3 saturated heterocycles. The fraction of sp³-hybridized carbons (Fsp3) is 0.463. The Kier molecular flexibility index (Phi) is 11.2. The van der Waals surface area contributed by atoms with Crippen LogP contribution < -0.4 is 21.1 Å². The van der Waals surface area contributed by atoms with Gasteiger partial charge >= 0.3 is 6.03 Å². The third-order valence-electron chi connectivity index (χ3n) is 11.9. The summed E-state index contributed by atoms with van der Waals surface area (Å²) in [6.45, 7) is 5.94. The molecule has 6 heterocycles. The molecule has 2 N–H and O–H groups in total. The van der Waals surface area contributed by atoms with Crippen LogP contribution in [0, 0.1) is 5.92 Å². The number of imide groups is 1. The fourth-order valence-corrected chi connectivity index (χ4v) is 10.3. The molecule has 0 aliphatic carbocycles. The van der Waals surface area contributed by atoms with Crippen molar-refractivity contribution >= 4 is 55.7 Å². The molecule has 312 valence electrons. The number of halogens is 2. The smallest absolute Gasteiger partial charge is 0.329 e. The second kappa shape index (κ2) is 16.4. The van der Waals surface area contributed by atoms with Gasteiger partial charge in [0.15, 0.2) is 5.82 Å². The number of anilines is 2. The van der Waals surface area contributed by atoms with Crippen molar-refractivity contribution in [2.24, 2.45) is 20.0 Å². The molecular formula is C41H48F2N10O5S. The number of urea groups is 1. The third-order valence-corrected chi connectivity index (χ3v) is 13.8. The Morgan fingerprint density at radius 1 is 0.949 bits per heavy atom. The first-order valence-corrected chi connectivity index (χ1v) is 21.5. The van der Waals surface area contributed by atoms with Gasteiger partial charge in [0.25, 0.3) is 12.0 Å². The van der Waals surface area contributed by atoms with Gasteiger partial charge in [-0.25, -0.2) is 27.0 Å². The van der Waals surface area contributed by atoms with Crippen molar-refractivity contribution in [1.29, 1.82) is 0 Å². The zero-order chi connectivity index (χ0) is 41.6. The maximum atomic E-state index is 13.8. The summed E-state index contributed by atoms with van der Waals surface area (Å²) in [4.78, 5) is 49.5. The van der Waals surface area contributed by atoms with E-state index in [0.29, 0.717) is 55.5 Å². The van der Waals surface area contributed by atoms with E-state index in [-0.39, 0.29) is 34.9 Å². The lowest BCUT2D eigenvalue weighted by atomic mass is 9.88. The largest absolute Gasteiger partial charge is 0.351 e. The number of carbonyl (C=O) groups excluding carboxylic acids is 2. The summed E-state index contributed by atoms with van der Waals surface area (Å²) in [6, 6.07) is 14.2. The van der Waals surface area contributed by atoms with Gasteiger partial charge in [-0.2, -0.15) is 14.4 Å². The number of alkyl halides is 2. The van der Waals surface area contributed by atoms with Gasteiger partial charge in [-0.1, -0.05) is 25.1 Å². The minimum Gasteiger partial charge on any atom is -0.351 e. The number of rotatable bonds is 11. The number of nitrogens with zero attached hydrogens (tertiary/aromatic N) is 8. The number of fused-ring (bicyclic) bond motifs is 2. The summed E-state index contributed by atoms with van der Waals surface area (Å²) in [7, 11) is -0.458. The minimum atomic E-state index is -3.73. The molecule has 0 saturated carbocycles. The lowest BCUT2D eigenvalue weighted by molar-refractivity contribution is -0.120. The number of carbonyl (C=O) groups is 2. The van der Waals surface area contributed by atoms with Crippen molar-refractivity contribution in [2.75, 3.05) is 49.5 Å². The maximum Gasteiger partial charge on any atom is 0.329 e. The fourth-order valence-electron chi connectivity index (χ4n) is 8.73. The van der Waals surface area contributed by atoms with Crippen LogP contribution in [0.4, 0.5) is 25.3 Å². The molecule has 3 aliphatic rings. The monoisotopic (exact) mass is 830 g/mol. The molecular weight excluding hydrogens is 783 g/mol. The van der Waals surface area contributed by atoms with E-state index in [1.807, 2.05) is 25.2 Å². The average molecular weight is 831 g/mol. The Hall–Kier alpha value is -5.33. The van der Waals surface area contributed by atoms with Crippen molar-refractivity contribution in [3.8, 4) is 0 Å². The summed E-state index contributed by atoms with van der Waals surface area (Å²) in [5, 5.41) is 11.4. The van der Waals surface area contributed by atoms with E-state index in [2.05, 4.69) is 49.7 Å². The van der Waals surface area contributed by atoms with Crippen LogP contribution in [-0.4, -0.2) is 99.2 Å². The van der Waals surface area contributed by atoms with Crippen molar-refractivity contribution in [3.05, 3.63) is 81.8 Å². The first-order valence-electron chi connectivity index (χ1n) is 20.1. The second-order valence-electron chi connectivity index (χ2n) is 16.1. The van der Waals surface area contributed by atoms with E-state index >= 15 is 0 Å². The molecule has 1 atom stereocenters. The number of aromatic nitrogens is 5. The number of aryl methyl sites for hydroxylation is 2. The highest BCUT2D eigenvalue weighted by molar-refractivity contribution is 7.89. The summed E-state index contributed by atoms with van der Waals surface area (Å²) >= 11 is 0. The molecule has 3 aromatic heterocycles. The molecule has 0 spiro atoms. The summed E-state index contributed by atoms with van der Waals surface area (Å²) in [6.07, 6.45) is 2.54. The van der Waals surface area contributed by atoms with Gasteiger partial charge in [-0.3, -0.25) is 29.1 Å². The molecule has 3 fully saturated rings. The van der Waals surface area contributed by atoms with Crippen LogP contribution in [0.5, 0.6) is 0 Å². The zero-order valence-corrected chi connectivity index (χ0v) is 34.1. The van der Waals surface area contributed by atoms with E-state index in [1.165, 1.54) is 28.0 Å². The SMILES string of the molecule is CC(Cc1cccc(S(=O)(=O)N2CCC(Nc3ncc4cc(C(F)F)c(=O)n(C)c4n3)CC2)c1)CN1CCC(c2ccc3c(N4CCC(=O)NC4=O)nn(C)c3c2)CC1. The molecule has 59 heavy (non-hydrogen) atoms. The number of hydrogen-bond acceptors (Lipinski definition) is 10. The van der Waals surface area contributed by atoms with E-state index < -0.39 is 33.6 Å². The Morgan fingerprint density at radius 3 is 2.44 bits per heavy atom. The Morgan fingerprint density at radius 2 is 1.71 bits per heavy atom. The molecule has 0 bridgehead atoms. The first-order chi connectivity index (χ1) is 28.2. The number of amides is 3. The number of benzene rings is 2. The van der Waals surface area contributed by atoms with Crippen LogP contribution in [-0.2, 0) is 35.3 Å². The molecule has 0 radical (unpaired) electrons. The summed E-state index contributed by atoms with van der Waals surface area (Å²) in [5.41, 5.74) is 1.99. The molecule has 8 rings (SSSR count). The maximum absolute atomic E-state index is 13.8. The second-order valence-corrected chi connectivity index (χ2v) is 18.0. The van der Waals surface area contributed by atoms with Crippen LogP contribution in [0.2, 0.25) is 0 Å². The summed E-state index contributed by atoms with van der Waals surface area (Å²) < 4.78 is 58.6. The van der Waals surface area contributed by atoms with Crippen LogP contribution in [0.25, 0.3) is 21.9 Å². The predicted molar refractivity (Wildman–Crippen MR) is 219 cm³/mol. The van der Waals surface area contributed by atoms with Crippen molar-refractivity contribution in [2.45, 2.75) is 68.7 Å². The molecule has 5 aromatic rings. The van der Waals surface area contributed by atoms with Gasteiger partial charge in [-0.05, 0) is 98.5 Å². The normalized spacial score (nSPS) is 18.6. The minimum absolute atomic E-state index is 0.114. The van der Waals surface area contributed by atoms with Gasteiger partial charge in [0.05, 0.1) is 16.0 Å². The number of likely N-dealkylation sites (tertiary alicyclic amines) is 1. The summed E-state index contributed by atoms with van der Waals surface area (Å²) in [5.74, 6) is 1.24. The van der Waals surface area contributed by atoms with E-state index in [0.717, 1.165) is 66.0 Å². The predicted octanol–water partition coefficient (Wildman–Crippen LogP) is 4.92. The lowest BCUT2D eigenvalue weighted by Gasteiger charge is -2.34. The van der Waals surface area contributed by atoms with Crippen molar-refractivity contribution in [1.82, 2.24) is 38.8 Å². The van der Waals surface area contributed by atoms with E-state index in [9.17, 15) is 31.6 Å². The van der Waals surface area contributed by atoms with Gasteiger partial charge < -0.3 is 10.2 Å². The molecule has 18 heteroatoms. The van der Waals surface area contributed by atoms with Crippen LogP contribution in [0.15, 0.2) is 64.4 Å². The zero-order valence-electron chi connectivity index (χ0n) is 33.3. The molecule has 3 aliphatic heterocycles. The molecule has 2 aromatic carbocycles. The quantitative estimate of drug-likeness (QED) is 0.187. The van der Waals surface area contributed by atoms with Gasteiger partial charge in [0, 0.05) is 69.7 Å². The standard InChI is InChI=1S/C41H48F2N10O5S/c1-25(24-51-14-9-27(10-15-51)28-7-8-32-34(22-28)50(3)48-38(32)53-18-13-35(54)46-41(53)56)19-26-5-4-6-31(20-26)59(57,58)52-16-11-30(12-17-52)45-40-44-23-29-21-33(36(42)43)39(55)49(2)37(29)47-40/h4-8,20-23,25,27,30,36H,9-19,24H2,1-3H3,(H,44,45,47)(H,46,54,56). The van der Waals surface area contributed by atoms with Crippen LogP contribution >= 0.6 is 0 Å². The average Bonchev–Trinajstić information content (AvgIpc) is 3.54. The molecule has 15 nitrogen and oxygen atoms in total. The third kappa shape index (κ3) is 8.30. The number of nitrogens with one attached hydrogen (secondary N) is 2. The van der Waals surface area contributed by atoms with E-state index in [4.69, 9.17) is 0 Å². The van der Waals surface area contributed by atoms with Crippen molar-refractivity contribution < 1.29 is 26.8 Å². The highest BCUT2D eigenvalue weighted by Gasteiger charge is 2.31. The number of hydrogen-bond donors (Lipinski definition) is 2. The first kappa shape index (κ1) is 40.4. The Labute approximate surface area is 340 Å². The van der Waals surface area contributed by atoms with Crippen LogP contribution in [0.3, 0.4) is 0 Å².